The van der Waals surface area contributed by atoms with E-state index in [0.29, 0.717) is 30.2 Å². The standard InChI is InChI=1S/C18H19ClN6OS/c1-2-27-13-6-5-12(20-8-13)7-21-15-17(26)25(10-11-3-4-11)16-14(23-15)9-22-18(19)24-16/h5-6,8-9,11H,2-4,7,10H2,1H3,(H,21,23). The number of pyridine rings is 1. The van der Waals surface area contributed by atoms with Gasteiger partial charge >= 0.3 is 0 Å². The van der Waals surface area contributed by atoms with Gasteiger partial charge in [-0.05, 0) is 48.2 Å². The number of aromatic nitrogens is 5. The van der Waals surface area contributed by atoms with Crippen molar-refractivity contribution in [2.24, 2.45) is 5.92 Å². The normalized spacial score (nSPS) is 13.9. The van der Waals surface area contributed by atoms with E-state index >= 15 is 0 Å². The Hall–Kier alpha value is -2.19. The van der Waals surface area contributed by atoms with Crippen molar-refractivity contribution in [1.29, 1.82) is 0 Å². The Bertz CT molecular complexity index is 1020. The molecule has 9 heteroatoms. The largest absolute Gasteiger partial charge is 0.360 e. The lowest BCUT2D eigenvalue weighted by molar-refractivity contribution is 0.619. The first-order valence-electron chi connectivity index (χ1n) is 8.88. The molecule has 1 fully saturated rings. The summed E-state index contributed by atoms with van der Waals surface area (Å²) in [5, 5.41) is 3.23. The fourth-order valence-corrected chi connectivity index (χ4v) is 3.55. The van der Waals surface area contributed by atoms with Gasteiger partial charge in [0.25, 0.3) is 5.56 Å². The number of rotatable bonds is 7. The van der Waals surface area contributed by atoms with Crippen LogP contribution in [0.1, 0.15) is 25.5 Å². The molecule has 0 spiro atoms. The van der Waals surface area contributed by atoms with Gasteiger partial charge in [-0.2, -0.15) is 4.98 Å². The molecule has 0 atom stereocenters. The predicted molar refractivity (Wildman–Crippen MR) is 107 cm³/mol. The molecule has 1 saturated carbocycles. The first-order valence-corrected chi connectivity index (χ1v) is 10.2. The number of thioether (sulfide) groups is 1. The number of halogens is 1. The van der Waals surface area contributed by atoms with Crippen LogP contribution in [-0.4, -0.2) is 30.3 Å². The summed E-state index contributed by atoms with van der Waals surface area (Å²) in [4.78, 5) is 31.1. The highest BCUT2D eigenvalue weighted by Gasteiger charge is 2.24. The second-order valence-corrected chi connectivity index (χ2v) is 8.11. The van der Waals surface area contributed by atoms with Gasteiger partial charge in [0.05, 0.1) is 18.4 Å². The first-order chi connectivity index (χ1) is 13.1. The fourth-order valence-electron chi connectivity index (χ4n) is 2.80. The maximum atomic E-state index is 12.9. The molecule has 0 radical (unpaired) electrons. The number of fused-ring (bicyclic) bond motifs is 1. The van der Waals surface area contributed by atoms with Crippen molar-refractivity contribution in [3.8, 4) is 0 Å². The van der Waals surface area contributed by atoms with Crippen LogP contribution in [0.3, 0.4) is 0 Å². The third-order valence-electron chi connectivity index (χ3n) is 4.34. The highest BCUT2D eigenvalue weighted by Crippen LogP contribution is 2.31. The van der Waals surface area contributed by atoms with Crippen LogP contribution in [0.15, 0.2) is 34.2 Å². The Morgan fingerprint density at radius 2 is 2.11 bits per heavy atom. The molecule has 0 amide bonds. The van der Waals surface area contributed by atoms with Crippen LogP contribution in [0, 0.1) is 5.92 Å². The summed E-state index contributed by atoms with van der Waals surface area (Å²) >= 11 is 7.66. The molecule has 140 valence electrons. The van der Waals surface area contributed by atoms with Crippen LogP contribution in [0.2, 0.25) is 5.28 Å². The topological polar surface area (TPSA) is 85.6 Å². The zero-order valence-electron chi connectivity index (χ0n) is 14.9. The van der Waals surface area contributed by atoms with E-state index in [-0.39, 0.29) is 16.7 Å². The molecule has 4 rings (SSSR count). The van der Waals surface area contributed by atoms with Crippen molar-refractivity contribution in [3.63, 3.8) is 0 Å². The minimum atomic E-state index is -0.192. The highest BCUT2D eigenvalue weighted by molar-refractivity contribution is 7.99. The van der Waals surface area contributed by atoms with E-state index in [1.165, 1.54) is 0 Å². The van der Waals surface area contributed by atoms with Crippen molar-refractivity contribution in [2.45, 2.75) is 37.8 Å². The summed E-state index contributed by atoms with van der Waals surface area (Å²) in [7, 11) is 0. The van der Waals surface area contributed by atoms with E-state index in [9.17, 15) is 4.79 Å². The highest BCUT2D eigenvalue weighted by atomic mass is 35.5. The molecular weight excluding hydrogens is 384 g/mol. The average Bonchev–Trinajstić information content (AvgIpc) is 3.49. The van der Waals surface area contributed by atoms with Crippen LogP contribution in [0.4, 0.5) is 5.82 Å². The molecule has 0 bridgehead atoms. The van der Waals surface area contributed by atoms with Gasteiger partial charge in [0, 0.05) is 17.6 Å². The SMILES string of the molecule is CCSc1ccc(CNc2nc3cnc(Cl)nc3n(CC3CC3)c2=O)nc1. The third kappa shape index (κ3) is 4.22. The van der Waals surface area contributed by atoms with Crippen LogP contribution >= 0.6 is 23.4 Å². The second-order valence-electron chi connectivity index (χ2n) is 6.44. The van der Waals surface area contributed by atoms with Crippen molar-refractivity contribution in [1.82, 2.24) is 24.5 Å². The third-order valence-corrected chi connectivity index (χ3v) is 5.39. The Morgan fingerprint density at radius 3 is 2.81 bits per heavy atom. The Balaban J connectivity index is 1.62. The van der Waals surface area contributed by atoms with E-state index in [2.05, 4.69) is 32.2 Å². The smallest absolute Gasteiger partial charge is 0.294 e. The van der Waals surface area contributed by atoms with Crippen LogP contribution in [0.5, 0.6) is 0 Å². The Kier molecular flexibility index (Phi) is 5.27. The molecule has 0 aliphatic heterocycles. The van der Waals surface area contributed by atoms with Gasteiger partial charge in [0.15, 0.2) is 11.5 Å². The maximum Gasteiger partial charge on any atom is 0.294 e. The number of nitrogens with one attached hydrogen (secondary N) is 1. The van der Waals surface area contributed by atoms with E-state index in [1.807, 2.05) is 18.3 Å². The Labute approximate surface area is 165 Å². The van der Waals surface area contributed by atoms with E-state index < -0.39 is 0 Å². The van der Waals surface area contributed by atoms with Crippen LogP contribution < -0.4 is 10.9 Å². The Morgan fingerprint density at radius 1 is 1.26 bits per heavy atom. The molecule has 1 aliphatic rings. The minimum absolute atomic E-state index is 0.114. The second kappa shape index (κ2) is 7.82. The van der Waals surface area contributed by atoms with Gasteiger partial charge in [-0.1, -0.05) is 6.92 Å². The number of hydrogen-bond acceptors (Lipinski definition) is 7. The van der Waals surface area contributed by atoms with Gasteiger partial charge in [-0.15, -0.1) is 11.8 Å². The fraction of sp³-hybridized carbons (Fsp3) is 0.389. The summed E-state index contributed by atoms with van der Waals surface area (Å²) in [6.07, 6.45) is 5.65. The van der Waals surface area contributed by atoms with Crippen LogP contribution in [0.25, 0.3) is 11.2 Å². The minimum Gasteiger partial charge on any atom is -0.360 e. The molecule has 3 heterocycles. The van der Waals surface area contributed by atoms with Gasteiger partial charge in [0.2, 0.25) is 5.28 Å². The van der Waals surface area contributed by atoms with Crippen molar-refractivity contribution in [2.75, 3.05) is 11.1 Å². The number of hydrogen-bond donors (Lipinski definition) is 1. The number of anilines is 1. The molecule has 3 aromatic rings. The lowest BCUT2D eigenvalue weighted by atomic mass is 10.3. The van der Waals surface area contributed by atoms with Gasteiger partial charge in [-0.25, -0.2) is 9.97 Å². The van der Waals surface area contributed by atoms with Crippen molar-refractivity contribution >= 4 is 40.3 Å². The van der Waals surface area contributed by atoms with Crippen molar-refractivity contribution < 1.29 is 0 Å². The molecule has 27 heavy (non-hydrogen) atoms. The van der Waals surface area contributed by atoms with Gasteiger partial charge < -0.3 is 5.32 Å². The molecule has 0 unspecified atom stereocenters. The zero-order valence-corrected chi connectivity index (χ0v) is 16.4. The summed E-state index contributed by atoms with van der Waals surface area (Å²) in [5.74, 6) is 1.80. The quantitative estimate of drug-likeness (QED) is 0.479. The molecule has 7 nitrogen and oxygen atoms in total. The first kappa shape index (κ1) is 18.2. The zero-order chi connectivity index (χ0) is 18.8. The van der Waals surface area contributed by atoms with Crippen LogP contribution in [-0.2, 0) is 13.1 Å². The number of nitrogens with zero attached hydrogens (tertiary/aromatic N) is 5. The lowest BCUT2D eigenvalue weighted by Gasteiger charge is -2.12. The van der Waals surface area contributed by atoms with E-state index in [0.717, 1.165) is 29.2 Å². The predicted octanol–water partition coefficient (Wildman–Crippen LogP) is 3.37. The summed E-state index contributed by atoms with van der Waals surface area (Å²) in [6.45, 7) is 3.15. The van der Waals surface area contributed by atoms with E-state index in [1.54, 1.807) is 22.5 Å². The molecule has 0 saturated heterocycles. The molecule has 3 aromatic heterocycles. The monoisotopic (exact) mass is 402 g/mol. The molecule has 1 N–H and O–H groups in total. The lowest BCUT2D eigenvalue weighted by Crippen LogP contribution is -2.27. The summed E-state index contributed by atoms with van der Waals surface area (Å²) in [6, 6.07) is 3.99. The average molecular weight is 403 g/mol. The summed E-state index contributed by atoms with van der Waals surface area (Å²) in [5.41, 5.74) is 1.68. The van der Waals surface area contributed by atoms with Gasteiger partial charge in [-0.3, -0.25) is 14.3 Å². The maximum absolute atomic E-state index is 12.9. The van der Waals surface area contributed by atoms with E-state index in [4.69, 9.17) is 11.6 Å². The molecular formula is C18H19ClN6OS. The molecule has 0 aromatic carbocycles. The molecule has 1 aliphatic carbocycles. The summed E-state index contributed by atoms with van der Waals surface area (Å²) < 4.78 is 1.66. The van der Waals surface area contributed by atoms with Crippen molar-refractivity contribution in [3.05, 3.63) is 45.9 Å². The van der Waals surface area contributed by atoms with Gasteiger partial charge in [0.1, 0.15) is 5.52 Å².